The Morgan fingerprint density at radius 2 is 1.91 bits per heavy atom. The molecule has 0 spiro atoms. The number of carbonyl (C=O) groups excluding carboxylic acids is 1. The van der Waals surface area contributed by atoms with Crippen LogP contribution >= 0.6 is 27.7 Å². The highest BCUT2D eigenvalue weighted by molar-refractivity contribution is 9.10. The average Bonchev–Trinajstić information content (AvgIpc) is 2.50. The van der Waals surface area contributed by atoms with Gasteiger partial charge in [0.05, 0.1) is 0 Å². The van der Waals surface area contributed by atoms with Crippen molar-refractivity contribution in [2.45, 2.75) is 18.7 Å². The number of hydrogen-bond donors (Lipinski definition) is 1. The molecular formula is C17H18BrNO2S. The van der Waals surface area contributed by atoms with Crippen LogP contribution in [-0.2, 0) is 4.79 Å². The molecule has 0 atom stereocenters. The van der Waals surface area contributed by atoms with Gasteiger partial charge in [-0.3, -0.25) is 4.79 Å². The molecule has 0 aliphatic carbocycles. The third-order valence-corrected chi connectivity index (χ3v) is 5.11. The molecule has 2 aromatic rings. The molecule has 0 aliphatic rings. The molecule has 116 valence electrons. The van der Waals surface area contributed by atoms with E-state index in [1.807, 2.05) is 56.5 Å². The molecule has 0 fully saturated rings. The minimum atomic E-state index is -0.170. The zero-order chi connectivity index (χ0) is 16.1. The van der Waals surface area contributed by atoms with Gasteiger partial charge in [0.1, 0.15) is 5.75 Å². The lowest BCUT2D eigenvalue weighted by Gasteiger charge is -2.11. The van der Waals surface area contributed by atoms with E-state index in [1.165, 1.54) is 0 Å². The number of nitrogens with one attached hydrogen (secondary N) is 1. The molecule has 1 amide bonds. The number of halogens is 1. The van der Waals surface area contributed by atoms with E-state index < -0.39 is 0 Å². The van der Waals surface area contributed by atoms with Crippen LogP contribution in [-0.4, -0.2) is 18.8 Å². The molecule has 0 aromatic heterocycles. The Balaban J connectivity index is 1.95. The van der Waals surface area contributed by atoms with Crippen LogP contribution in [0.2, 0.25) is 0 Å². The highest BCUT2D eigenvalue weighted by Gasteiger charge is 2.07. The summed E-state index contributed by atoms with van der Waals surface area (Å²) in [6, 6.07) is 11.6. The normalized spacial score (nSPS) is 10.4. The molecule has 0 saturated heterocycles. The predicted octanol–water partition coefficient (Wildman–Crippen LogP) is 4.81. The summed E-state index contributed by atoms with van der Waals surface area (Å²) in [5.74, 6) is 0.530. The zero-order valence-electron chi connectivity index (χ0n) is 12.8. The summed E-state index contributed by atoms with van der Waals surface area (Å²) in [4.78, 5) is 13.1. The number of anilines is 1. The standard InChI is InChI=1S/C17H18BrNO2S/c1-11-7-14(8-12(2)17(11)18)21-10-16(20)19-13-5-4-6-15(9-13)22-3/h4-9H,10H2,1-3H3,(H,19,20). The Morgan fingerprint density at radius 3 is 2.55 bits per heavy atom. The summed E-state index contributed by atoms with van der Waals surface area (Å²) in [5, 5.41) is 2.84. The van der Waals surface area contributed by atoms with Crippen LogP contribution in [0.1, 0.15) is 11.1 Å². The van der Waals surface area contributed by atoms with Crippen molar-refractivity contribution < 1.29 is 9.53 Å². The summed E-state index contributed by atoms with van der Waals surface area (Å²) in [5.41, 5.74) is 2.95. The van der Waals surface area contributed by atoms with Gasteiger partial charge in [-0.2, -0.15) is 0 Å². The number of ether oxygens (including phenoxy) is 1. The van der Waals surface area contributed by atoms with Crippen molar-refractivity contribution in [2.24, 2.45) is 0 Å². The van der Waals surface area contributed by atoms with Crippen molar-refractivity contribution in [2.75, 3.05) is 18.2 Å². The SMILES string of the molecule is CSc1cccc(NC(=O)COc2cc(C)c(Br)c(C)c2)c1. The first-order chi connectivity index (χ1) is 10.5. The van der Waals surface area contributed by atoms with Crippen LogP contribution < -0.4 is 10.1 Å². The Kier molecular flexibility index (Phi) is 5.91. The number of carbonyl (C=O) groups is 1. The molecule has 0 heterocycles. The summed E-state index contributed by atoms with van der Waals surface area (Å²) in [6.07, 6.45) is 2.00. The van der Waals surface area contributed by atoms with Crippen molar-refractivity contribution in [3.8, 4) is 5.75 Å². The van der Waals surface area contributed by atoms with E-state index >= 15 is 0 Å². The predicted molar refractivity (Wildman–Crippen MR) is 96.0 cm³/mol. The maximum atomic E-state index is 12.0. The maximum absolute atomic E-state index is 12.0. The van der Waals surface area contributed by atoms with Gasteiger partial charge in [0.25, 0.3) is 5.91 Å². The molecule has 1 N–H and O–H groups in total. The molecule has 3 nitrogen and oxygen atoms in total. The first-order valence-corrected chi connectivity index (χ1v) is 8.85. The third kappa shape index (κ3) is 4.52. The number of rotatable bonds is 5. The van der Waals surface area contributed by atoms with Crippen LogP contribution in [0, 0.1) is 13.8 Å². The quantitative estimate of drug-likeness (QED) is 0.757. The van der Waals surface area contributed by atoms with Gasteiger partial charge in [0.15, 0.2) is 6.61 Å². The summed E-state index contributed by atoms with van der Waals surface area (Å²) in [6.45, 7) is 3.99. The fourth-order valence-corrected chi connectivity index (χ4v) is 2.72. The molecule has 5 heteroatoms. The maximum Gasteiger partial charge on any atom is 0.262 e. The molecule has 22 heavy (non-hydrogen) atoms. The van der Waals surface area contributed by atoms with Gasteiger partial charge in [-0.05, 0) is 61.6 Å². The van der Waals surface area contributed by atoms with Crippen molar-refractivity contribution >= 4 is 39.3 Å². The smallest absolute Gasteiger partial charge is 0.262 e. The Morgan fingerprint density at radius 1 is 1.23 bits per heavy atom. The fraction of sp³-hybridized carbons (Fsp3) is 0.235. The first kappa shape index (κ1) is 16.9. The van der Waals surface area contributed by atoms with Crippen LogP contribution in [0.15, 0.2) is 45.8 Å². The lowest BCUT2D eigenvalue weighted by atomic mass is 10.1. The zero-order valence-corrected chi connectivity index (χ0v) is 15.2. The highest BCUT2D eigenvalue weighted by atomic mass is 79.9. The van der Waals surface area contributed by atoms with Gasteiger partial charge in [-0.25, -0.2) is 0 Å². The second-order valence-electron chi connectivity index (χ2n) is 4.94. The van der Waals surface area contributed by atoms with E-state index in [0.29, 0.717) is 5.75 Å². The molecular weight excluding hydrogens is 362 g/mol. The van der Waals surface area contributed by atoms with Crippen LogP contribution in [0.3, 0.4) is 0 Å². The minimum Gasteiger partial charge on any atom is -0.484 e. The second kappa shape index (κ2) is 7.70. The summed E-state index contributed by atoms with van der Waals surface area (Å²) >= 11 is 5.15. The number of benzene rings is 2. The largest absolute Gasteiger partial charge is 0.484 e. The second-order valence-corrected chi connectivity index (χ2v) is 6.61. The number of hydrogen-bond acceptors (Lipinski definition) is 3. The van der Waals surface area contributed by atoms with Crippen molar-refractivity contribution in [3.05, 3.63) is 52.0 Å². The number of aryl methyl sites for hydroxylation is 2. The fourth-order valence-electron chi connectivity index (χ4n) is 2.04. The van der Waals surface area contributed by atoms with Crippen molar-refractivity contribution in [1.82, 2.24) is 0 Å². The first-order valence-electron chi connectivity index (χ1n) is 6.83. The van der Waals surface area contributed by atoms with E-state index in [2.05, 4.69) is 21.2 Å². The number of amides is 1. The summed E-state index contributed by atoms with van der Waals surface area (Å²) < 4.78 is 6.64. The molecule has 2 rings (SSSR count). The molecule has 0 unspecified atom stereocenters. The Labute approximate surface area is 143 Å². The van der Waals surface area contributed by atoms with Gasteiger partial charge in [-0.1, -0.05) is 22.0 Å². The average molecular weight is 380 g/mol. The monoisotopic (exact) mass is 379 g/mol. The third-order valence-electron chi connectivity index (χ3n) is 3.13. The lowest BCUT2D eigenvalue weighted by molar-refractivity contribution is -0.118. The topological polar surface area (TPSA) is 38.3 Å². The number of thioether (sulfide) groups is 1. The van der Waals surface area contributed by atoms with Crippen molar-refractivity contribution in [1.29, 1.82) is 0 Å². The van der Waals surface area contributed by atoms with Crippen LogP contribution in [0.4, 0.5) is 5.69 Å². The Bertz CT molecular complexity index is 665. The van der Waals surface area contributed by atoms with E-state index in [1.54, 1.807) is 11.8 Å². The van der Waals surface area contributed by atoms with Crippen LogP contribution in [0.25, 0.3) is 0 Å². The molecule has 0 aliphatic heterocycles. The van der Waals surface area contributed by atoms with Gasteiger partial charge < -0.3 is 10.1 Å². The van der Waals surface area contributed by atoms with Gasteiger partial charge in [-0.15, -0.1) is 11.8 Å². The Hall–Kier alpha value is -1.46. The van der Waals surface area contributed by atoms with Gasteiger partial charge >= 0.3 is 0 Å². The lowest BCUT2D eigenvalue weighted by Crippen LogP contribution is -2.20. The van der Waals surface area contributed by atoms with Crippen LogP contribution in [0.5, 0.6) is 5.75 Å². The van der Waals surface area contributed by atoms with E-state index in [4.69, 9.17) is 4.74 Å². The molecule has 2 aromatic carbocycles. The minimum absolute atomic E-state index is 0.00991. The molecule has 0 saturated carbocycles. The van der Waals surface area contributed by atoms with Gasteiger partial charge in [0.2, 0.25) is 0 Å². The van der Waals surface area contributed by atoms with Gasteiger partial charge in [0, 0.05) is 15.1 Å². The van der Waals surface area contributed by atoms with E-state index in [9.17, 15) is 4.79 Å². The highest BCUT2D eigenvalue weighted by Crippen LogP contribution is 2.26. The molecule has 0 bridgehead atoms. The van der Waals surface area contributed by atoms with Crippen molar-refractivity contribution in [3.63, 3.8) is 0 Å². The van der Waals surface area contributed by atoms with E-state index in [0.717, 1.165) is 26.2 Å². The molecule has 0 radical (unpaired) electrons. The van der Waals surface area contributed by atoms with E-state index in [-0.39, 0.29) is 12.5 Å². The summed E-state index contributed by atoms with van der Waals surface area (Å²) in [7, 11) is 0.